The lowest BCUT2D eigenvalue weighted by Gasteiger charge is -2.06. The van der Waals surface area contributed by atoms with E-state index in [1.165, 1.54) is 19.1 Å². The van der Waals surface area contributed by atoms with E-state index in [2.05, 4.69) is 4.28 Å². The Hall–Kier alpha value is -0.960. The maximum Gasteiger partial charge on any atom is 0.313 e. The Bertz CT molecular complexity index is 574. The number of rotatable bonds is 5. The molecule has 1 N–H and O–H groups in total. The summed E-state index contributed by atoms with van der Waals surface area (Å²) in [4.78, 5) is 1.44. The van der Waals surface area contributed by atoms with Gasteiger partial charge in [-0.25, -0.2) is 8.42 Å². The summed E-state index contributed by atoms with van der Waals surface area (Å²) in [7, 11) is -7.83. The molecule has 8 heteroatoms. The molecule has 1 aromatic carbocycles. The molecular weight excluding hydrogens is 266 g/mol. The first-order valence-corrected chi connectivity index (χ1v) is 7.82. The average Bonchev–Trinajstić information content (AvgIpc) is 2.27. The van der Waals surface area contributed by atoms with Crippen molar-refractivity contribution < 1.29 is 21.1 Å². The molecular formula is C9H13NO5S2. The van der Waals surface area contributed by atoms with Crippen LogP contribution in [0.2, 0.25) is 0 Å². The summed E-state index contributed by atoms with van der Waals surface area (Å²) in [5.41, 5.74) is 0.887. The highest BCUT2D eigenvalue weighted by atomic mass is 32.2. The van der Waals surface area contributed by atoms with E-state index in [-0.39, 0.29) is 10.6 Å². The van der Waals surface area contributed by atoms with E-state index >= 15 is 0 Å². The summed E-state index contributed by atoms with van der Waals surface area (Å²) in [6.07, 6.45) is 0. The van der Waals surface area contributed by atoms with Gasteiger partial charge in [0.25, 0.3) is 0 Å². The van der Waals surface area contributed by atoms with E-state index in [1.54, 1.807) is 23.9 Å². The zero-order chi connectivity index (χ0) is 13.1. The maximum atomic E-state index is 11.6. The molecule has 0 aliphatic heterocycles. The Morgan fingerprint density at radius 3 is 2.12 bits per heavy atom. The summed E-state index contributed by atoms with van der Waals surface area (Å²) in [6.45, 7) is 3.17. The maximum absolute atomic E-state index is 11.6. The molecule has 0 saturated carbocycles. The topological polar surface area (TPSA) is 89.5 Å². The van der Waals surface area contributed by atoms with E-state index in [9.17, 15) is 16.8 Å². The summed E-state index contributed by atoms with van der Waals surface area (Å²) in [5.74, 6) is -0.267. The van der Waals surface area contributed by atoms with Crippen LogP contribution < -0.4 is 4.89 Å². The fraction of sp³-hybridized carbons (Fsp3) is 0.333. The van der Waals surface area contributed by atoms with Crippen LogP contribution in [-0.2, 0) is 24.4 Å². The van der Waals surface area contributed by atoms with Gasteiger partial charge in [0, 0.05) is 0 Å². The van der Waals surface area contributed by atoms with Gasteiger partial charge >= 0.3 is 10.1 Å². The van der Waals surface area contributed by atoms with Crippen molar-refractivity contribution in [2.45, 2.75) is 18.7 Å². The fourth-order valence-corrected chi connectivity index (χ4v) is 2.37. The van der Waals surface area contributed by atoms with Crippen LogP contribution in [-0.4, -0.2) is 22.6 Å². The Balaban J connectivity index is 2.87. The summed E-state index contributed by atoms with van der Waals surface area (Å²) in [6, 6.07) is 5.85. The van der Waals surface area contributed by atoms with Gasteiger partial charge in [-0.2, -0.15) is 12.7 Å². The molecule has 17 heavy (non-hydrogen) atoms. The SMILES string of the molecule is CCS(=O)(=O)NOS(=O)(=O)c1ccc(C)cc1. The lowest BCUT2D eigenvalue weighted by Crippen LogP contribution is -2.28. The van der Waals surface area contributed by atoms with Crippen LogP contribution in [0.1, 0.15) is 12.5 Å². The van der Waals surface area contributed by atoms with E-state index in [0.29, 0.717) is 0 Å². The third-order valence-electron chi connectivity index (χ3n) is 1.96. The van der Waals surface area contributed by atoms with Gasteiger partial charge in [-0.3, -0.25) is 0 Å². The van der Waals surface area contributed by atoms with Crippen LogP contribution in [0.3, 0.4) is 0 Å². The number of nitrogens with one attached hydrogen (secondary N) is 1. The predicted molar refractivity (Wildman–Crippen MR) is 62.0 cm³/mol. The second kappa shape index (κ2) is 5.13. The third-order valence-corrected chi connectivity index (χ3v) is 4.32. The van der Waals surface area contributed by atoms with E-state index in [4.69, 9.17) is 0 Å². The zero-order valence-corrected chi connectivity index (χ0v) is 11.0. The monoisotopic (exact) mass is 279 g/mol. The highest BCUT2D eigenvalue weighted by molar-refractivity contribution is 7.90. The number of hydrogen-bond acceptors (Lipinski definition) is 5. The molecule has 0 spiro atoms. The van der Waals surface area contributed by atoms with Crippen molar-refractivity contribution in [3.63, 3.8) is 0 Å². The lowest BCUT2D eigenvalue weighted by atomic mass is 10.2. The Kier molecular flexibility index (Phi) is 4.26. The van der Waals surface area contributed by atoms with Gasteiger partial charge < -0.3 is 0 Å². The van der Waals surface area contributed by atoms with E-state index < -0.39 is 20.1 Å². The standard InChI is InChI=1S/C9H13NO5S2/c1-3-16(11,12)10-15-17(13,14)9-6-4-8(2)5-7-9/h4-7,10H,3H2,1-2H3. The van der Waals surface area contributed by atoms with Crippen LogP contribution >= 0.6 is 0 Å². The molecule has 96 valence electrons. The molecule has 0 unspecified atom stereocenters. The van der Waals surface area contributed by atoms with Crippen molar-refractivity contribution >= 4 is 20.1 Å². The first-order chi connectivity index (χ1) is 7.77. The summed E-state index contributed by atoms with van der Waals surface area (Å²) < 4.78 is 49.4. The van der Waals surface area contributed by atoms with Crippen molar-refractivity contribution in [3.8, 4) is 0 Å². The Morgan fingerprint density at radius 2 is 1.65 bits per heavy atom. The van der Waals surface area contributed by atoms with Gasteiger partial charge in [0.15, 0.2) is 0 Å². The van der Waals surface area contributed by atoms with Crippen LogP contribution in [0.5, 0.6) is 0 Å². The van der Waals surface area contributed by atoms with Crippen molar-refractivity contribution in [1.29, 1.82) is 0 Å². The minimum atomic E-state index is -4.11. The average molecular weight is 279 g/mol. The Labute approximate surface area is 101 Å². The van der Waals surface area contributed by atoms with Gasteiger partial charge in [0.2, 0.25) is 10.0 Å². The van der Waals surface area contributed by atoms with Crippen LogP contribution in [0, 0.1) is 6.92 Å². The molecule has 0 aliphatic carbocycles. The number of benzene rings is 1. The quantitative estimate of drug-likeness (QED) is 0.795. The van der Waals surface area contributed by atoms with Crippen LogP contribution in [0.15, 0.2) is 29.2 Å². The lowest BCUT2D eigenvalue weighted by molar-refractivity contribution is 0.274. The number of aryl methyl sites for hydroxylation is 1. The largest absolute Gasteiger partial charge is 0.313 e. The third kappa shape index (κ3) is 4.08. The second-order valence-electron chi connectivity index (χ2n) is 3.34. The number of sulfonamides is 1. The molecule has 1 aromatic rings. The van der Waals surface area contributed by atoms with Gasteiger partial charge in [-0.15, -0.1) is 0 Å². The van der Waals surface area contributed by atoms with E-state index in [0.717, 1.165) is 5.56 Å². The molecule has 0 amide bonds. The second-order valence-corrected chi connectivity index (χ2v) is 6.86. The minimum absolute atomic E-state index is 0.109. The number of hydrogen-bond donors (Lipinski definition) is 1. The predicted octanol–water partition coefficient (Wildman–Crippen LogP) is 0.555. The first-order valence-electron chi connectivity index (χ1n) is 4.76. The molecule has 0 atom stereocenters. The molecule has 0 fully saturated rings. The van der Waals surface area contributed by atoms with E-state index in [1.807, 2.05) is 0 Å². The molecule has 0 aliphatic rings. The normalized spacial score (nSPS) is 12.6. The summed E-state index contributed by atoms with van der Waals surface area (Å²) >= 11 is 0. The summed E-state index contributed by atoms with van der Waals surface area (Å²) in [5, 5.41) is 0. The highest BCUT2D eigenvalue weighted by Crippen LogP contribution is 2.12. The first kappa shape index (κ1) is 14.1. The minimum Gasteiger partial charge on any atom is -0.210 e. The molecule has 1 rings (SSSR count). The van der Waals surface area contributed by atoms with Crippen molar-refractivity contribution in [2.24, 2.45) is 0 Å². The zero-order valence-electron chi connectivity index (χ0n) is 9.37. The van der Waals surface area contributed by atoms with Crippen molar-refractivity contribution in [3.05, 3.63) is 29.8 Å². The van der Waals surface area contributed by atoms with Crippen molar-refractivity contribution in [2.75, 3.05) is 5.75 Å². The molecule has 0 bridgehead atoms. The van der Waals surface area contributed by atoms with Gasteiger partial charge in [-0.05, 0) is 26.0 Å². The molecule has 6 nitrogen and oxygen atoms in total. The van der Waals surface area contributed by atoms with Crippen LogP contribution in [0.25, 0.3) is 0 Å². The highest BCUT2D eigenvalue weighted by Gasteiger charge is 2.18. The van der Waals surface area contributed by atoms with Gasteiger partial charge in [0.1, 0.15) is 0 Å². The van der Waals surface area contributed by atoms with Crippen LogP contribution in [0.4, 0.5) is 0 Å². The molecule has 0 saturated heterocycles. The van der Waals surface area contributed by atoms with Gasteiger partial charge in [0.05, 0.1) is 10.6 Å². The molecule has 0 radical (unpaired) electrons. The fourth-order valence-electron chi connectivity index (χ4n) is 0.909. The molecule has 0 heterocycles. The smallest absolute Gasteiger partial charge is 0.210 e. The van der Waals surface area contributed by atoms with Crippen molar-refractivity contribution in [1.82, 2.24) is 4.89 Å². The van der Waals surface area contributed by atoms with Gasteiger partial charge in [-0.1, -0.05) is 22.6 Å². The molecule has 0 aromatic heterocycles. The Morgan fingerprint density at radius 1 is 1.12 bits per heavy atom.